The van der Waals surface area contributed by atoms with Crippen molar-refractivity contribution in [1.29, 1.82) is 0 Å². The number of rotatable bonds is 5. The first-order valence-corrected chi connectivity index (χ1v) is 7.72. The van der Waals surface area contributed by atoms with E-state index >= 15 is 0 Å². The lowest BCUT2D eigenvalue weighted by Gasteiger charge is -2.19. The summed E-state index contributed by atoms with van der Waals surface area (Å²) < 4.78 is 0. The van der Waals surface area contributed by atoms with E-state index in [1.807, 2.05) is 31.2 Å². The highest BCUT2D eigenvalue weighted by molar-refractivity contribution is 6.00. The first-order valence-electron chi connectivity index (χ1n) is 7.72. The Balaban J connectivity index is 2.04. The highest BCUT2D eigenvalue weighted by atomic mass is 16.2. The Morgan fingerprint density at radius 3 is 2.71 bits per heavy atom. The maximum Gasteiger partial charge on any atom is 0.227 e. The summed E-state index contributed by atoms with van der Waals surface area (Å²) in [6.07, 6.45) is 2.15. The van der Waals surface area contributed by atoms with Crippen LogP contribution in [0, 0.1) is 12.8 Å². The topological polar surface area (TPSA) is 49.4 Å². The molecule has 1 heterocycles. The number of anilines is 1. The van der Waals surface area contributed by atoms with Crippen LogP contribution in [0.1, 0.15) is 38.7 Å². The van der Waals surface area contributed by atoms with E-state index in [0.29, 0.717) is 13.0 Å². The number of aryl methyl sites for hydroxylation is 1. The van der Waals surface area contributed by atoms with Crippen molar-refractivity contribution in [2.75, 3.05) is 11.4 Å². The third-order valence-electron chi connectivity index (χ3n) is 4.14. The molecule has 1 aromatic rings. The van der Waals surface area contributed by atoms with E-state index in [9.17, 15) is 9.59 Å². The smallest absolute Gasteiger partial charge is 0.227 e. The van der Waals surface area contributed by atoms with Crippen LogP contribution < -0.4 is 10.2 Å². The fraction of sp³-hybridized carbons (Fsp3) is 0.529. The third-order valence-corrected chi connectivity index (χ3v) is 4.14. The summed E-state index contributed by atoms with van der Waals surface area (Å²) in [5.74, 6) is -0.198. The predicted octanol–water partition coefficient (Wildman–Crippen LogP) is 2.65. The van der Waals surface area contributed by atoms with Crippen LogP contribution in [-0.2, 0) is 9.59 Å². The summed E-state index contributed by atoms with van der Waals surface area (Å²) in [7, 11) is 0. The second kappa shape index (κ2) is 6.74. The monoisotopic (exact) mass is 288 g/mol. The number of nitrogens with one attached hydrogen (secondary N) is 1. The van der Waals surface area contributed by atoms with Crippen molar-refractivity contribution in [1.82, 2.24) is 5.32 Å². The molecule has 1 saturated heterocycles. The number of carbonyl (C=O) groups is 2. The van der Waals surface area contributed by atoms with Crippen LogP contribution in [0.2, 0.25) is 0 Å². The van der Waals surface area contributed by atoms with Crippen molar-refractivity contribution in [3.05, 3.63) is 29.8 Å². The number of nitrogens with zero attached hydrogens (tertiary/aromatic N) is 1. The zero-order valence-corrected chi connectivity index (χ0v) is 13.1. The molecule has 1 fully saturated rings. The molecule has 0 aliphatic carbocycles. The lowest BCUT2D eigenvalue weighted by atomic mass is 10.1. The van der Waals surface area contributed by atoms with Gasteiger partial charge < -0.3 is 10.2 Å². The van der Waals surface area contributed by atoms with Crippen molar-refractivity contribution in [2.45, 2.75) is 46.1 Å². The molecule has 1 atom stereocenters. The first-order chi connectivity index (χ1) is 10.0. The molecule has 0 saturated carbocycles. The molecule has 4 nitrogen and oxygen atoms in total. The number of benzene rings is 1. The highest BCUT2D eigenvalue weighted by Crippen LogP contribution is 2.26. The van der Waals surface area contributed by atoms with Gasteiger partial charge in [-0.05, 0) is 37.5 Å². The summed E-state index contributed by atoms with van der Waals surface area (Å²) in [4.78, 5) is 26.2. The van der Waals surface area contributed by atoms with Gasteiger partial charge in [-0.3, -0.25) is 9.59 Å². The molecule has 0 spiro atoms. The molecule has 1 N–H and O–H groups in total. The lowest BCUT2D eigenvalue weighted by molar-refractivity contribution is -0.127. The summed E-state index contributed by atoms with van der Waals surface area (Å²) in [6, 6.07) is 8.06. The molecule has 0 unspecified atom stereocenters. The normalized spacial score (nSPS) is 18.4. The largest absolute Gasteiger partial charge is 0.353 e. The summed E-state index contributed by atoms with van der Waals surface area (Å²) in [5.41, 5.74) is 2.00. The van der Waals surface area contributed by atoms with Gasteiger partial charge >= 0.3 is 0 Å². The third kappa shape index (κ3) is 3.63. The van der Waals surface area contributed by atoms with Crippen molar-refractivity contribution in [2.24, 2.45) is 5.92 Å². The van der Waals surface area contributed by atoms with E-state index in [1.165, 1.54) is 0 Å². The molecular weight excluding hydrogens is 264 g/mol. The molecule has 1 aromatic carbocycles. The van der Waals surface area contributed by atoms with Crippen LogP contribution in [0.15, 0.2) is 24.3 Å². The maximum atomic E-state index is 12.3. The van der Waals surface area contributed by atoms with E-state index < -0.39 is 0 Å². The molecule has 2 rings (SSSR count). The van der Waals surface area contributed by atoms with Crippen LogP contribution in [0.3, 0.4) is 0 Å². The second-order valence-corrected chi connectivity index (χ2v) is 5.77. The van der Waals surface area contributed by atoms with Gasteiger partial charge in [0.05, 0.1) is 5.92 Å². The average Bonchev–Trinajstić information content (AvgIpc) is 2.86. The molecule has 21 heavy (non-hydrogen) atoms. The van der Waals surface area contributed by atoms with E-state index in [1.54, 1.807) is 4.90 Å². The minimum absolute atomic E-state index is 0.00667. The van der Waals surface area contributed by atoms with E-state index in [2.05, 4.69) is 19.2 Å². The Labute approximate surface area is 126 Å². The maximum absolute atomic E-state index is 12.3. The highest BCUT2D eigenvalue weighted by Gasteiger charge is 2.35. The standard InChI is InChI=1S/C17H24N2O2/c1-4-14(5-2)18-17(21)13-10-16(20)19(11-13)15-8-6-7-12(3)9-15/h6-9,13-14H,4-5,10-11H2,1-3H3,(H,18,21)/t13-/m0/s1. The van der Waals surface area contributed by atoms with Crippen LogP contribution in [0.25, 0.3) is 0 Å². The van der Waals surface area contributed by atoms with Crippen LogP contribution in [-0.4, -0.2) is 24.4 Å². The van der Waals surface area contributed by atoms with Gasteiger partial charge in [0.15, 0.2) is 0 Å². The quantitative estimate of drug-likeness (QED) is 0.905. The summed E-state index contributed by atoms with van der Waals surface area (Å²) in [6.45, 7) is 6.61. The van der Waals surface area contributed by atoms with Crippen LogP contribution >= 0.6 is 0 Å². The Bertz CT molecular complexity index is 523. The van der Waals surface area contributed by atoms with Gasteiger partial charge in [0.2, 0.25) is 11.8 Å². The van der Waals surface area contributed by atoms with E-state index in [4.69, 9.17) is 0 Å². The molecule has 0 aromatic heterocycles. The van der Waals surface area contributed by atoms with Gasteiger partial charge in [0, 0.05) is 24.7 Å². The summed E-state index contributed by atoms with van der Waals surface area (Å²) in [5, 5.41) is 3.04. The SMILES string of the molecule is CCC(CC)NC(=O)[C@H]1CC(=O)N(c2cccc(C)c2)C1. The lowest BCUT2D eigenvalue weighted by Crippen LogP contribution is -2.39. The Hall–Kier alpha value is -1.84. The van der Waals surface area contributed by atoms with Crippen molar-refractivity contribution >= 4 is 17.5 Å². The van der Waals surface area contributed by atoms with Crippen molar-refractivity contribution < 1.29 is 9.59 Å². The van der Waals surface area contributed by atoms with Crippen molar-refractivity contribution in [3.63, 3.8) is 0 Å². The number of carbonyl (C=O) groups excluding carboxylic acids is 2. The van der Waals surface area contributed by atoms with Gasteiger partial charge in [0.1, 0.15) is 0 Å². The molecule has 0 bridgehead atoms. The fourth-order valence-electron chi connectivity index (χ4n) is 2.74. The zero-order chi connectivity index (χ0) is 15.4. The number of hydrogen-bond acceptors (Lipinski definition) is 2. The van der Waals surface area contributed by atoms with Gasteiger partial charge in [0.25, 0.3) is 0 Å². The van der Waals surface area contributed by atoms with Crippen LogP contribution in [0.5, 0.6) is 0 Å². The molecule has 1 aliphatic rings. The van der Waals surface area contributed by atoms with Gasteiger partial charge in [-0.15, -0.1) is 0 Å². The number of hydrogen-bond donors (Lipinski definition) is 1. The van der Waals surface area contributed by atoms with Gasteiger partial charge in [-0.2, -0.15) is 0 Å². The van der Waals surface area contributed by atoms with Gasteiger partial charge in [-0.1, -0.05) is 26.0 Å². The minimum Gasteiger partial charge on any atom is -0.353 e. The van der Waals surface area contributed by atoms with Crippen molar-refractivity contribution in [3.8, 4) is 0 Å². The molecule has 2 amide bonds. The average molecular weight is 288 g/mol. The first kappa shape index (κ1) is 15.5. The molecule has 114 valence electrons. The zero-order valence-electron chi connectivity index (χ0n) is 13.1. The number of amides is 2. The summed E-state index contributed by atoms with van der Waals surface area (Å²) >= 11 is 0. The predicted molar refractivity (Wildman–Crippen MR) is 84.2 cm³/mol. The molecule has 4 heteroatoms. The Kier molecular flexibility index (Phi) is 4.99. The van der Waals surface area contributed by atoms with Crippen LogP contribution in [0.4, 0.5) is 5.69 Å². The molecule has 0 radical (unpaired) electrons. The van der Waals surface area contributed by atoms with Gasteiger partial charge in [-0.25, -0.2) is 0 Å². The van der Waals surface area contributed by atoms with E-state index in [-0.39, 0.29) is 23.8 Å². The fourth-order valence-corrected chi connectivity index (χ4v) is 2.74. The second-order valence-electron chi connectivity index (χ2n) is 5.77. The minimum atomic E-state index is -0.237. The Morgan fingerprint density at radius 1 is 1.38 bits per heavy atom. The molecule has 1 aliphatic heterocycles. The Morgan fingerprint density at radius 2 is 2.10 bits per heavy atom. The van der Waals surface area contributed by atoms with E-state index in [0.717, 1.165) is 24.1 Å². The molecular formula is C17H24N2O2.